The van der Waals surface area contributed by atoms with Crippen molar-refractivity contribution < 1.29 is 14.3 Å². The van der Waals surface area contributed by atoms with Crippen LogP contribution in [0, 0.1) is 12.7 Å². The summed E-state index contributed by atoms with van der Waals surface area (Å²) in [4.78, 5) is 11.8. The first kappa shape index (κ1) is 15.9. The van der Waals surface area contributed by atoms with E-state index >= 15 is 0 Å². The first-order chi connectivity index (χ1) is 9.94. The Balaban J connectivity index is 2.05. The fraction of sp³-hybridized carbons (Fsp3) is 0.562. The molecule has 5 heteroatoms. The second-order valence-corrected chi connectivity index (χ2v) is 5.90. The van der Waals surface area contributed by atoms with Crippen LogP contribution >= 0.6 is 0 Å². The van der Waals surface area contributed by atoms with Gasteiger partial charge in [0.1, 0.15) is 5.82 Å². The predicted molar refractivity (Wildman–Crippen MR) is 79.1 cm³/mol. The summed E-state index contributed by atoms with van der Waals surface area (Å²) in [5.41, 5.74) is 6.19. The van der Waals surface area contributed by atoms with Gasteiger partial charge < -0.3 is 16.2 Å². The van der Waals surface area contributed by atoms with Gasteiger partial charge in [-0.25, -0.2) is 4.39 Å². The fourth-order valence-corrected chi connectivity index (χ4v) is 3.08. The largest absolute Gasteiger partial charge is 0.387 e. The lowest BCUT2D eigenvalue weighted by Crippen LogP contribution is -2.57. The number of nitrogens with two attached hydrogens (primary N) is 1. The van der Waals surface area contributed by atoms with E-state index < -0.39 is 11.6 Å². The van der Waals surface area contributed by atoms with Crippen LogP contribution in [0.1, 0.15) is 49.3 Å². The van der Waals surface area contributed by atoms with Gasteiger partial charge >= 0.3 is 0 Å². The Bertz CT molecular complexity index is 513. The Morgan fingerprint density at radius 1 is 1.43 bits per heavy atom. The molecular weight excluding hydrogens is 271 g/mol. The van der Waals surface area contributed by atoms with Crippen LogP contribution in [-0.2, 0) is 4.79 Å². The molecule has 0 aliphatic heterocycles. The Kier molecular flexibility index (Phi) is 4.96. The van der Waals surface area contributed by atoms with Crippen LogP contribution in [0.2, 0.25) is 0 Å². The Hall–Kier alpha value is -1.46. The van der Waals surface area contributed by atoms with Gasteiger partial charge in [0.25, 0.3) is 0 Å². The Labute approximate surface area is 124 Å². The topological polar surface area (TPSA) is 75.3 Å². The van der Waals surface area contributed by atoms with Gasteiger partial charge in [-0.15, -0.1) is 0 Å². The summed E-state index contributed by atoms with van der Waals surface area (Å²) in [6, 6.07) is 4.30. The molecule has 1 amide bonds. The summed E-state index contributed by atoms with van der Waals surface area (Å²) in [5, 5.41) is 13.4. The molecule has 0 radical (unpaired) electrons. The van der Waals surface area contributed by atoms with Crippen LogP contribution in [-0.4, -0.2) is 23.1 Å². The summed E-state index contributed by atoms with van der Waals surface area (Å²) < 4.78 is 13.1. The molecule has 1 aliphatic rings. The molecule has 4 N–H and O–H groups in total. The van der Waals surface area contributed by atoms with E-state index in [9.17, 15) is 14.3 Å². The number of amides is 1. The van der Waals surface area contributed by atoms with E-state index in [0.717, 1.165) is 19.3 Å². The Morgan fingerprint density at radius 2 is 2.10 bits per heavy atom. The number of aryl methyl sites for hydroxylation is 1. The predicted octanol–water partition coefficient (Wildman–Crippen LogP) is 1.95. The van der Waals surface area contributed by atoms with Crippen LogP contribution in [0.4, 0.5) is 4.39 Å². The van der Waals surface area contributed by atoms with Crippen molar-refractivity contribution in [2.24, 2.45) is 5.73 Å². The molecule has 0 saturated heterocycles. The van der Waals surface area contributed by atoms with E-state index in [0.29, 0.717) is 24.0 Å². The summed E-state index contributed by atoms with van der Waals surface area (Å²) in [5.74, 6) is -0.678. The Morgan fingerprint density at radius 3 is 2.67 bits per heavy atom. The van der Waals surface area contributed by atoms with Crippen molar-refractivity contribution in [3.8, 4) is 0 Å². The highest BCUT2D eigenvalue weighted by Crippen LogP contribution is 2.29. The van der Waals surface area contributed by atoms with E-state index in [4.69, 9.17) is 5.73 Å². The third kappa shape index (κ3) is 3.60. The first-order valence-electron chi connectivity index (χ1n) is 7.44. The average molecular weight is 294 g/mol. The molecular formula is C16H23FN2O2. The van der Waals surface area contributed by atoms with Crippen molar-refractivity contribution in [2.45, 2.75) is 50.7 Å². The minimum Gasteiger partial charge on any atom is -0.387 e. The number of hydrogen-bond donors (Lipinski definition) is 3. The molecule has 1 aliphatic carbocycles. The highest BCUT2D eigenvalue weighted by Gasteiger charge is 2.37. The lowest BCUT2D eigenvalue weighted by Gasteiger charge is -2.36. The van der Waals surface area contributed by atoms with Gasteiger partial charge in [-0.3, -0.25) is 4.79 Å². The van der Waals surface area contributed by atoms with Crippen LogP contribution in [0.5, 0.6) is 0 Å². The summed E-state index contributed by atoms with van der Waals surface area (Å²) >= 11 is 0. The zero-order valence-electron chi connectivity index (χ0n) is 12.4. The van der Waals surface area contributed by atoms with Gasteiger partial charge in [-0.1, -0.05) is 25.3 Å². The molecule has 0 heterocycles. The highest BCUT2D eigenvalue weighted by atomic mass is 19.1. The molecule has 1 aromatic carbocycles. The van der Waals surface area contributed by atoms with Crippen molar-refractivity contribution in [3.05, 3.63) is 35.1 Å². The van der Waals surface area contributed by atoms with E-state index in [-0.39, 0.29) is 18.3 Å². The second-order valence-electron chi connectivity index (χ2n) is 5.90. The number of benzene rings is 1. The fourth-order valence-electron chi connectivity index (χ4n) is 3.08. The number of primary amides is 1. The molecule has 1 saturated carbocycles. The number of carbonyl (C=O) groups is 1. The lowest BCUT2D eigenvalue weighted by molar-refractivity contribution is -0.126. The number of hydrogen-bond acceptors (Lipinski definition) is 3. The lowest BCUT2D eigenvalue weighted by atomic mass is 9.81. The van der Waals surface area contributed by atoms with Crippen molar-refractivity contribution in [2.75, 3.05) is 6.54 Å². The first-order valence-corrected chi connectivity index (χ1v) is 7.44. The van der Waals surface area contributed by atoms with Crippen LogP contribution in [0.15, 0.2) is 18.2 Å². The molecule has 1 atom stereocenters. The van der Waals surface area contributed by atoms with Gasteiger partial charge in [0.15, 0.2) is 0 Å². The standard InChI is InChI=1S/C16H23FN2O2/c1-11-9-12(17)5-6-13(11)14(20)10-19-16(15(18)21)7-3-2-4-8-16/h5-6,9,14,19-20H,2-4,7-8,10H2,1H3,(H2,18,21). The van der Waals surface area contributed by atoms with E-state index in [2.05, 4.69) is 5.32 Å². The molecule has 0 bridgehead atoms. The van der Waals surface area contributed by atoms with Gasteiger partial charge in [0.05, 0.1) is 11.6 Å². The third-order valence-corrected chi connectivity index (χ3v) is 4.40. The molecule has 1 unspecified atom stereocenters. The number of nitrogens with one attached hydrogen (secondary N) is 1. The number of aliphatic hydroxyl groups excluding tert-OH is 1. The molecule has 1 fully saturated rings. The van der Waals surface area contributed by atoms with Gasteiger partial charge in [0.2, 0.25) is 5.91 Å². The van der Waals surface area contributed by atoms with Crippen LogP contribution in [0.3, 0.4) is 0 Å². The number of carbonyl (C=O) groups excluding carboxylic acids is 1. The molecule has 21 heavy (non-hydrogen) atoms. The summed E-state index contributed by atoms with van der Waals surface area (Å²) in [7, 11) is 0. The number of halogens is 1. The van der Waals surface area contributed by atoms with Crippen molar-refractivity contribution >= 4 is 5.91 Å². The monoisotopic (exact) mass is 294 g/mol. The molecule has 4 nitrogen and oxygen atoms in total. The zero-order valence-corrected chi connectivity index (χ0v) is 12.4. The molecule has 116 valence electrons. The average Bonchev–Trinajstić information content (AvgIpc) is 2.45. The van der Waals surface area contributed by atoms with Crippen molar-refractivity contribution in [1.82, 2.24) is 5.32 Å². The van der Waals surface area contributed by atoms with Crippen molar-refractivity contribution in [1.29, 1.82) is 0 Å². The summed E-state index contributed by atoms with van der Waals surface area (Å²) in [6.07, 6.45) is 3.65. The second kappa shape index (κ2) is 6.54. The van der Waals surface area contributed by atoms with E-state index in [1.807, 2.05) is 0 Å². The molecule has 1 aromatic rings. The number of rotatable bonds is 5. The number of β-amino-alcohol motifs (C(OH)–C–C–N with tert-alkyl or cyclic N) is 1. The minimum absolute atomic E-state index is 0.232. The maximum atomic E-state index is 13.1. The van der Waals surface area contributed by atoms with Crippen molar-refractivity contribution in [3.63, 3.8) is 0 Å². The maximum absolute atomic E-state index is 13.1. The molecule has 2 rings (SSSR count). The van der Waals surface area contributed by atoms with Crippen LogP contribution in [0.25, 0.3) is 0 Å². The van der Waals surface area contributed by atoms with Gasteiger partial charge in [-0.2, -0.15) is 0 Å². The normalized spacial score (nSPS) is 19.2. The smallest absolute Gasteiger partial charge is 0.237 e. The van der Waals surface area contributed by atoms with Crippen LogP contribution < -0.4 is 11.1 Å². The van der Waals surface area contributed by atoms with E-state index in [1.165, 1.54) is 12.1 Å². The molecule has 0 spiro atoms. The zero-order chi connectivity index (χ0) is 15.5. The quantitative estimate of drug-likeness (QED) is 0.777. The number of aliphatic hydroxyl groups is 1. The summed E-state index contributed by atoms with van der Waals surface area (Å²) in [6.45, 7) is 1.99. The molecule has 0 aromatic heterocycles. The minimum atomic E-state index is -0.788. The SMILES string of the molecule is Cc1cc(F)ccc1C(O)CNC1(C(N)=O)CCCCC1. The van der Waals surface area contributed by atoms with E-state index in [1.54, 1.807) is 13.0 Å². The third-order valence-electron chi connectivity index (χ3n) is 4.40. The highest BCUT2D eigenvalue weighted by molar-refractivity contribution is 5.84. The van der Waals surface area contributed by atoms with Gasteiger partial charge in [-0.05, 0) is 43.0 Å². The maximum Gasteiger partial charge on any atom is 0.237 e. The van der Waals surface area contributed by atoms with Gasteiger partial charge in [0, 0.05) is 6.54 Å².